The molecule has 0 radical (unpaired) electrons. The van der Waals surface area contributed by atoms with E-state index in [2.05, 4.69) is 10.6 Å². The van der Waals surface area contributed by atoms with E-state index in [1.807, 2.05) is 0 Å². The number of benzene rings is 1. The van der Waals surface area contributed by atoms with Crippen LogP contribution < -0.4 is 10.6 Å². The zero-order chi connectivity index (χ0) is 16.0. The molecule has 3 N–H and O–H groups in total. The van der Waals surface area contributed by atoms with Crippen molar-refractivity contribution in [1.29, 1.82) is 0 Å². The maximum Gasteiger partial charge on any atom is 0.326 e. The molecule has 2 amide bonds. The first kappa shape index (κ1) is 17.8. The summed E-state index contributed by atoms with van der Waals surface area (Å²) in [6.45, 7) is 0.194. The number of carboxylic acids is 1. The van der Waals surface area contributed by atoms with E-state index in [0.717, 1.165) is 0 Å². The lowest BCUT2D eigenvalue weighted by molar-refractivity contribution is -0.139. The Bertz CT molecular complexity index is 516. The summed E-state index contributed by atoms with van der Waals surface area (Å²) in [7, 11) is 1.44. The number of hydrogen-bond donors (Lipinski definition) is 3. The Morgan fingerprint density at radius 1 is 1.29 bits per heavy atom. The Morgan fingerprint density at radius 2 is 1.86 bits per heavy atom. The molecule has 0 bridgehead atoms. The van der Waals surface area contributed by atoms with Crippen LogP contribution in [0.25, 0.3) is 0 Å². The summed E-state index contributed by atoms with van der Waals surface area (Å²) in [4.78, 5) is 22.8. The number of hydrogen-bond acceptors (Lipinski definition) is 3. The van der Waals surface area contributed by atoms with E-state index >= 15 is 0 Å². The Morgan fingerprint density at radius 3 is 2.33 bits per heavy atom. The van der Waals surface area contributed by atoms with Gasteiger partial charge in [0.1, 0.15) is 6.04 Å². The van der Waals surface area contributed by atoms with E-state index in [1.54, 1.807) is 0 Å². The SMILES string of the molecule is COCCC(NC(=O)Nc1c(Cl)cc(Cl)cc1Cl)C(=O)O. The number of carbonyl (C=O) groups is 2. The second kappa shape index (κ2) is 8.29. The molecule has 6 nitrogen and oxygen atoms in total. The van der Waals surface area contributed by atoms with Gasteiger partial charge in [-0.3, -0.25) is 0 Å². The molecule has 0 aliphatic rings. The molecule has 0 aliphatic heterocycles. The van der Waals surface area contributed by atoms with Gasteiger partial charge in [0.25, 0.3) is 0 Å². The van der Waals surface area contributed by atoms with Crippen LogP contribution in [0.3, 0.4) is 0 Å². The Labute approximate surface area is 136 Å². The first-order valence-corrected chi connectivity index (χ1v) is 6.92. The molecule has 1 aromatic rings. The standard InChI is InChI=1S/C12H13Cl3N2O4/c1-21-3-2-9(11(18)19)16-12(20)17-10-7(14)4-6(13)5-8(10)15/h4-5,9H,2-3H2,1H3,(H,18,19)(H2,16,17,20). The quantitative estimate of drug-likeness (QED) is 0.731. The summed E-state index contributed by atoms with van der Waals surface area (Å²) in [5.74, 6) is -1.17. The molecule has 0 aromatic heterocycles. The number of nitrogens with one attached hydrogen (secondary N) is 2. The molecule has 0 fully saturated rings. The van der Waals surface area contributed by atoms with Crippen molar-refractivity contribution in [1.82, 2.24) is 5.32 Å². The van der Waals surface area contributed by atoms with Gasteiger partial charge in [0, 0.05) is 25.2 Å². The number of urea groups is 1. The fraction of sp³-hybridized carbons (Fsp3) is 0.333. The van der Waals surface area contributed by atoms with Crippen LogP contribution in [0.15, 0.2) is 12.1 Å². The van der Waals surface area contributed by atoms with E-state index in [0.29, 0.717) is 5.02 Å². The monoisotopic (exact) mass is 354 g/mol. The molecular formula is C12H13Cl3N2O4. The molecule has 1 rings (SSSR count). The topological polar surface area (TPSA) is 87.7 Å². The first-order chi connectivity index (χ1) is 9.85. The third-order valence-electron chi connectivity index (χ3n) is 2.46. The number of carbonyl (C=O) groups excluding carboxylic acids is 1. The largest absolute Gasteiger partial charge is 0.480 e. The molecule has 21 heavy (non-hydrogen) atoms. The van der Waals surface area contributed by atoms with Crippen molar-refractivity contribution in [3.8, 4) is 0 Å². The number of anilines is 1. The Balaban J connectivity index is 2.74. The van der Waals surface area contributed by atoms with Crippen molar-refractivity contribution in [3.63, 3.8) is 0 Å². The van der Waals surface area contributed by atoms with Crippen LogP contribution in [0.1, 0.15) is 6.42 Å². The first-order valence-electron chi connectivity index (χ1n) is 5.79. The average molecular weight is 356 g/mol. The number of carboxylic acid groups (broad SMARTS) is 1. The van der Waals surface area contributed by atoms with E-state index < -0.39 is 18.0 Å². The van der Waals surface area contributed by atoms with Gasteiger partial charge in [0.05, 0.1) is 15.7 Å². The van der Waals surface area contributed by atoms with Crippen LogP contribution in [0, 0.1) is 0 Å². The van der Waals surface area contributed by atoms with Crippen LogP contribution in [0.2, 0.25) is 15.1 Å². The number of rotatable bonds is 6. The van der Waals surface area contributed by atoms with Gasteiger partial charge in [0.15, 0.2) is 0 Å². The van der Waals surface area contributed by atoms with Gasteiger partial charge in [-0.15, -0.1) is 0 Å². The lowest BCUT2D eigenvalue weighted by Crippen LogP contribution is -2.43. The molecule has 0 saturated heterocycles. The molecule has 1 aromatic carbocycles. The molecular weight excluding hydrogens is 343 g/mol. The fourth-order valence-corrected chi connectivity index (χ4v) is 2.37. The lowest BCUT2D eigenvalue weighted by atomic mass is 10.2. The summed E-state index contributed by atoms with van der Waals surface area (Å²) in [6.07, 6.45) is 0.126. The molecule has 0 aliphatic carbocycles. The van der Waals surface area contributed by atoms with Crippen molar-refractivity contribution in [2.45, 2.75) is 12.5 Å². The number of methoxy groups -OCH3 is 1. The van der Waals surface area contributed by atoms with Gasteiger partial charge < -0.3 is 20.5 Å². The molecule has 9 heteroatoms. The van der Waals surface area contributed by atoms with E-state index in [1.165, 1.54) is 19.2 Å². The zero-order valence-corrected chi connectivity index (χ0v) is 13.2. The predicted molar refractivity (Wildman–Crippen MR) is 81.5 cm³/mol. The summed E-state index contributed by atoms with van der Waals surface area (Å²) in [5.41, 5.74) is 0.149. The maximum atomic E-state index is 11.8. The number of amides is 2. The summed E-state index contributed by atoms with van der Waals surface area (Å²) >= 11 is 17.6. The smallest absolute Gasteiger partial charge is 0.326 e. The van der Waals surface area contributed by atoms with Crippen LogP contribution in [-0.4, -0.2) is 36.9 Å². The Hall–Kier alpha value is -1.21. The van der Waals surface area contributed by atoms with E-state index in [9.17, 15) is 9.59 Å². The fourth-order valence-electron chi connectivity index (χ4n) is 1.46. The summed E-state index contributed by atoms with van der Waals surface area (Å²) in [6, 6.07) is 0.980. The van der Waals surface area contributed by atoms with Gasteiger partial charge in [-0.25, -0.2) is 9.59 Å². The lowest BCUT2D eigenvalue weighted by Gasteiger charge is -2.16. The van der Waals surface area contributed by atoms with Crippen LogP contribution in [0.5, 0.6) is 0 Å². The zero-order valence-electron chi connectivity index (χ0n) is 11.0. The molecule has 1 unspecified atom stereocenters. The molecule has 0 saturated carbocycles. The van der Waals surface area contributed by atoms with Crippen molar-refractivity contribution in [2.24, 2.45) is 0 Å². The van der Waals surface area contributed by atoms with Gasteiger partial charge in [0.2, 0.25) is 0 Å². The van der Waals surface area contributed by atoms with Gasteiger partial charge >= 0.3 is 12.0 Å². The normalized spacial score (nSPS) is 11.8. The number of ether oxygens (including phenoxy) is 1. The molecule has 0 spiro atoms. The third-order valence-corrected chi connectivity index (χ3v) is 3.27. The molecule has 116 valence electrons. The van der Waals surface area contributed by atoms with Crippen molar-refractivity contribution in [3.05, 3.63) is 27.2 Å². The van der Waals surface area contributed by atoms with Crippen molar-refractivity contribution >= 4 is 52.5 Å². The third kappa shape index (κ3) is 5.59. The molecule has 0 heterocycles. The van der Waals surface area contributed by atoms with Crippen molar-refractivity contribution in [2.75, 3.05) is 19.0 Å². The van der Waals surface area contributed by atoms with Crippen molar-refractivity contribution < 1.29 is 19.4 Å². The van der Waals surface area contributed by atoms with Gasteiger partial charge in [-0.1, -0.05) is 34.8 Å². The highest BCUT2D eigenvalue weighted by Crippen LogP contribution is 2.33. The Kier molecular flexibility index (Phi) is 7.04. The highest BCUT2D eigenvalue weighted by Gasteiger charge is 2.20. The summed E-state index contributed by atoms with van der Waals surface area (Å²) < 4.78 is 4.78. The summed E-state index contributed by atoms with van der Waals surface area (Å²) in [5, 5.41) is 14.3. The number of aliphatic carboxylic acids is 1. The van der Waals surface area contributed by atoms with E-state index in [4.69, 9.17) is 44.6 Å². The number of halogens is 3. The van der Waals surface area contributed by atoms with Crippen LogP contribution in [-0.2, 0) is 9.53 Å². The minimum Gasteiger partial charge on any atom is -0.480 e. The minimum atomic E-state index is -1.17. The van der Waals surface area contributed by atoms with Crippen LogP contribution in [0.4, 0.5) is 10.5 Å². The highest BCUT2D eigenvalue weighted by molar-refractivity contribution is 6.42. The predicted octanol–water partition coefficient (Wildman–Crippen LogP) is 3.26. The van der Waals surface area contributed by atoms with E-state index in [-0.39, 0.29) is 28.8 Å². The maximum absolute atomic E-state index is 11.8. The minimum absolute atomic E-state index is 0.126. The highest BCUT2D eigenvalue weighted by atomic mass is 35.5. The second-order valence-electron chi connectivity index (χ2n) is 4.02. The second-order valence-corrected chi connectivity index (χ2v) is 5.27. The van der Waals surface area contributed by atoms with Gasteiger partial charge in [-0.05, 0) is 12.1 Å². The average Bonchev–Trinajstić information content (AvgIpc) is 2.38. The van der Waals surface area contributed by atoms with Crippen LogP contribution >= 0.6 is 34.8 Å². The molecule has 1 atom stereocenters. The van der Waals surface area contributed by atoms with Gasteiger partial charge in [-0.2, -0.15) is 0 Å².